The summed E-state index contributed by atoms with van der Waals surface area (Å²) in [6, 6.07) is 8.30. The van der Waals surface area contributed by atoms with Crippen molar-refractivity contribution in [3.63, 3.8) is 0 Å². The Hall–Kier alpha value is -1.33. The zero-order valence-electron chi connectivity index (χ0n) is 12.9. The van der Waals surface area contributed by atoms with Crippen LogP contribution in [0.2, 0.25) is 0 Å². The van der Waals surface area contributed by atoms with Gasteiger partial charge in [0.15, 0.2) is 0 Å². The van der Waals surface area contributed by atoms with Gasteiger partial charge in [-0.15, -0.1) is 11.8 Å². The third kappa shape index (κ3) is 4.86. The first-order chi connectivity index (χ1) is 10.1. The lowest BCUT2D eigenvalue weighted by Gasteiger charge is -2.10. The van der Waals surface area contributed by atoms with E-state index in [1.165, 1.54) is 4.90 Å². The maximum Gasteiger partial charge on any atom is 0.228 e. The highest BCUT2D eigenvalue weighted by Crippen LogP contribution is 2.22. The van der Waals surface area contributed by atoms with Crippen LogP contribution in [0.3, 0.4) is 0 Å². The molecule has 1 aromatic heterocycles. The van der Waals surface area contributed by atoms with Crippen molar-refractivity contribution < 1.29 is 4.52 Å². The third-order valence-corrected chi connectivity index (χ3v) is 4.00. The molecule has 0 saturated carbocycles. The highest BCUT2D eigenvalue weighted by atomic mass is 32.2. The van der Waals surface area contributed by atoms with Crippen molar-refractivity contribution >= 4 is 11.8 Å². The highest BCUT2D eigenvalue weighted by molar-refractivity contribution is 7.99. The van der Waals surface area contributed by atoms with Gasteiger partial charge in [0.1, 0.15) is 0 Å². The normalized spacial score (nSPS) is 12.8. The van der Waals surface area contributed by atoms with Crippen molar-refractivity contribution in [2.45, 2.75) is 44.6 Å². The predicted molar refractivity (Wildman–Crippen MR) is 87.3 cm³/mol. The molecule has 0 radical (unpaired) electrons. The van der Waals surface area contributed by atoms with Crippen LogP contribution in [0, 0.1) is 5.92 Å². The van der Waals surface area contributed by atoms with Gasteiger partial charge in [-0.1, -0.05) is 25.9 Å². The molecule has 2 aromatic rings. The molecule has 1 atom stereocenters. The molecule has 2 N–H and O–H groups in total. The minimum absolute atomic E-state index is 0.0710. The summed E-state index contributed by atoms with van der Waals surface area (Å²) in [5, 5.41) is 4.05. The molecular weight excluding hydrogens is 282 g/mol. The zero-order valence-corrected chi connectivity index (χ0v) is 13.7. The van der Waals surface area contributed by atoms with Gasteiger partial charge in [0.25, 0.3) is 0 Å². The zero-order chi connectivity index (χ0) is 15.2. The van der Waals surface area contributed by atoms with Gasteiger partial charge in [0, 0.05) is 22.9 Å². The number of thioether (sulfide) groups is 1. The lowest BCUT2D eigenvalue weighted by Crippen LogP contribution is -2.24. The molecule has 114 valence electrons. The molecule has 4 nitrogen and oxygen atoms in total. The van der Waals surface area contributed by atoms with E-state index in [2.05, 4.69) is 43.0 Å². The van der Waals surface area contributed by atoms with Crippen molar-refractivity contribution in [3.8, 4) is 11.4 Å². The summed E-state index contributed by atoms with van der Waals surface area (Å²) in [7, 11) is 0. The molecule has 5 heteroatoms. The summed E-state index contributed by atoms with van der Waals surface area (Å²) in [5.41, 5.74) is 7.05. The lowest BCUT2D eigenvalue weighted by molar-refractivity contribution is 0.359. The van der Waals surface area contributed by atoms with E-state index >= 15 is 0 Å². The SMILES string of the molecule is CCSc1ccc(-c2noc(CC(N)CC(C)C)n2)cc1. The van der Waals surface area contributed by atoms with Crippen LogP contribution in [0.25, 0.3) is 11.4 Å². The minimum atomic E-state index is 0.0710. The van der Waals surface area contributed by atoms with Crippen molar-refractivity contribution in [1.29, 1.82) is 0 Å². The van der Waals surface area contributed by atoms with Gasteiger partial charge >= 0.3 is 0 Å². The number of nitrogens with zero attached hydrogens (tertiary/aromatic N) is 2. The monoisotopic (exact) mass is 305 g/mol. The second-order valence-electron chi connectivity index (χ2n) is 5.56. The van der Waals surface area contributed by atoms with E-state index in [1.54, 1.807) is 0 Å². The summed E-state index contributed by atoms with van der Waals surface area (Å²) in [5.74, 6) is 2.89. The number of aromatic nitrogens is 2. The van der Waals surface area contributed by atoms with Gasteiger partial charge in [-0.2, -0.15) is 4.98 Å². The van der Waals surface area contributed by atoms with Crippen molar-refractivity contribution in [2.75, 3.05) is 5.75 Å². The minimum Gasteiger partial charge on any atom is -0.339 e. The number of hydrogen-bond donors (Lipinski definition) is 1. The van der Waals surface area contributed by atoms with Gasteiger partial charge in [0.05, 0.1) is 0 Å². The van der Waals surface area contributed by atoms with Gasteiger partial charge in [-0.3, -0.25) is 0 Å². The molecule has 0 saturated heterocycles. The van der Waals surface area contributed by atoms with Crippen LogP contribution in [0.15, 0.2) is 33.7 Å². The fourth-order valence-electron chi connectivity index (χ4n) is 2.24. The number of nitrogens with two attached hydrogens (primary N) is 1. The Bertz CT molecular complexity index is 551. The Balaban J connectivity index is 2.02. The van der Waals surface area contributed by atoms with E-state index in [4.69, 9.17) is 10.3 Å². The second kappa shape index (κ2) is 7.61. The van der Waals surface area contributed by atoms with E-state index in [1.807, 2.05) is 23.9 Å². The van der Waals surface area contributed by atoms with Crippen LogP contribution in [0.4, 0.5) is 0 Å². The number of hydrogen-bond acceptors (Lipinski definition) is 5. The molecule has 1 aromatic carbocycles. The quantitative estimate of drug-likeness (QED) is 0.789. The Morgan fingerprint density at radius 3 is 2.57 bits per heavy atom. The molecule has 1 heterocycles. The van der Waals surface area contributed by atoms with Crippen LogP contribution in [0.5, 0.6) is 0 Å². The van der Waals surface area contributed by atoms with E-state index in [0.717, 1.165) is 17.7 Å². The maximum absolute atomic E-state index is 6.08. The molecule has 0 spiro atoms. The summed E-state index contributed by atoms with van der Waals surface area (Å²) in [4.78, 5) is 5.69. The van der Waals surface area contributed by atoms with Crippen LogP contribution < -0.4 is 5.73 Å². The van der Waals surface area contributed by atoms with Crippen molar-refractivity contribution in [2.24, 2.45) is 11.7 Å². The lowest BCUT2D eigenvalue weighted by atomic mass is 10.0. The number of benzene rings is 1. The molecular formula is C16H23N3OS. The fraction of sp³-hybridized carbons (Fsp3) is 0.500. The van der Waals surface area contributed by atoms with Gasteiger partial charge < -0.3 is 10.3 Å². The first kappa shape index (κ1) is 16.0. The molecule has 0 aliphatic rings. The largest absolute Gasteiger partial charge is 0.339 e. The summed E-state index contributed by atoms with van der Waals surface area (Å²) in [6.45, 7) is 6.47. The Morgan fingerprint density at radius 1 is 1.24 bits per heavy atom. The van der Waals surface area contributed by atoms with E-state index in [0.29, 0.717) is 24.1 Å². The fourth-order valence-corrected chi connectivity index (χ4v) is 2.90. The molecule has 21 heavy (non-hydrogen) atoms. The Kier molecular flexibility index (Phi) is 5.82. The smallest absolute Gasteiger partial charge is 0.228 e. The molecule has 0 fully saturated rings. The van der Waals surface area contributed by atoms with Crippen LogP contribution in [-0.2, 0) is 6.42 Å². The maximum atomic E-state index is 6.08. The van der Waals surface area contributed by atoms with Gasteiger partial charge in [-0.25, -0.2) is 0 Å². The summed E-state index contributed by atoms with van der Waals surface area (Å²) < 4.78 is 5.30. The Morgan fingerprint density at radius 2 is 1.95 bits per heavy atom. The molecule has 0 aliphatic heterocycles. The second-order valence-corrected chi connectivity index (χ2v) is 6.90. The van der Waals surface area contributed by atoms with Gasteiger partial charge in [0.2, 0.25) is 11.7 Å². The molecule has 1 unspecified atom stereocenters. The van der Waals surface area contributed by atoms with Gasteiger partial charge in [-0.05, 0) is 42.4 Å². The van der Waals surface area contributed by atoms with E-state index in [-0.39, 0.29) is 6.04 Å². The summed E-state index contributed by atoms with van der Waals surface area (Å²) >= 11 is 1.82. The first-order valence-corrected chi connectivity index (χ1v) is 8.38. The average molecular weight is 305 g/mol. The van der Waals surface area contributed by atoms with Crippen molar-refractivity contribution in [1.82, 2.24) is 10.1 Å². The molecule has 0 amide bonds. The molecule has 2 rings (SSSR count). The first-order valence-electron chi connectivity index (χ1n) is 7.40. The molecule has 0 aliphatic carbocycles. The average Bonchev–Trinajstić information content (AvgIpc) is 2.87. The van der Waals surface area contributed by atoms with E-state index in [9.17, 15) is 0 Å². The number of rotatable bonds is 7. The van der Waals surface area contributed by atoms with Crippen LogP contribution in [0.1, 0.15) is 33.1 Å². The van der Waals surface area contributed by atoms with E-state index < -0.39 is 0 Å². The van der Waals surface area contributed by atoms with Crippen molar-refractivity contribution in [3.05, 3.63) is 30.2 Å². The third-order valence-electron chi connectivity index (χ3n) is 3.10. The van der Waals surface area contributed by atoms with Crippen LogP contribution >= 0.6 is 11.8 Å². The van der Waals surface area contributed by atoms with Crippen LogP contribution in [-0.4, -0.2) is 21.9 Å². The standard InChI is InChI=1S/C16H23N3OS/c1-4-21-14-7-5-12(6-8-14)16-18-15(20-19-16)10-13(17)9-11(2)3/h5-8,11,13H,4,9-10,17H2,1-3H3. The molecule has 0 bridgehead atoms. The Labute approximate surface area is 130 Å². The highest BCUT2D eigenvalue weighted by Gasteiger charge is 2.13. The summed E-state index contributed by atoms with van der Waals surface area (Å²) in [6.07, 6.45) is 1.59. The predicted octanol–water partition coefficient (Wildman–Crippen LogP) is 3.76. The topological polar surface area (TPSA) is 64.9 Å².